The predicted molar refractivity (Wildman–Crippen MR) is 120 cm³/mol. The molecule has 0 spiro atoms. The van der Waals surface area contributed by atoms with Crippen molar-refractivity contribution in [1.82, 2.24) is 19.6 Å². The van der Waals surface area contributed by atoms with Gasteiger partial charge < -0.3 is 21.4 Å². The number of nitrogens with one attached hydrogen (secondary N) is 2. The van der Waals surface area contributed by atoms with Crippen LogP contribution in [0.5, 0.6) is 0 Å². The van der Waals surface area contributed by atoms with Gasteiger partial charge in [-0.2, -0.15) is 4.72 Å². The van der Waals surface area contributed by atoms with Crippen LogP contribution in [0.1, 0.15) is 44.0 Å². The van der Waals surface area contributed by atoms with Crippen LogP contribution >= 0.6 is 23.2 Å². The minimum atomic E-state index is -4.09. The lowest BCUT2D eigenvalue weighted by atomic mass is 10.0. The first-order valence-corrected chi connectivity index (χ1v) is 12.2. The number of nitrogen functional groups attached to an aromatic ring is 1. The minimum Gasteiger partial charge on any atom is -0.396 e. The summed E-state index contributed by atoms with van der Waals surface area (Å²) in [5, 5.41) is 0.0400. The summed E-state index contributed by atoms with van der Waals surface area (Å²) < 4.78 is 28.6. The van der Waals surface area contributed by atoms with E-state index >= 15 is 0 Å². The Kier molecular flexibility index (Phi) is 7.82. The van der Waals surface area contributed by atoms with Crippen molar-refractivity contribution in [2.45, 2.75) is 49.1 Å². The zero-order valence-corrected chi connectivity index (χ0v) is 19.2. The quantitative estimate of drug-likeness (QED) is 0.419. The number of imidazole rings is 1. The lowest BCUT2D eigenvalue weighted by molar-refractivity contribution is -0.134. The molecule has 2 aromatic rings. The Balaban J connectivity index is 1.81. The number of benzene rings is 1. The molecule has 170 valence electrons. The van der Waals surface area contributed by atoms with Gasteiger partial charge in [-0.15, -0.1) is 0 Å². The van der Waals surface area contributed by atoms with Crippen molar-refractivity contribution in [2.75, 3.05) is 18.8 Å². The number of anilines is 1. The molecule has 12 heteroatoms. The topological polar surface area (TPSA) is 147 Å². The highest BCUT2D eigenvalue weighted by Gasteiger charge is 2.31. The van der Waals surface area contributed by atoms with Gasteiger partial charge in [-0.3, -0.25) is 4.79 Å². The van der Waals surface area contributed by atoms with E-state index in [1.807, 2.05) is 0 Å². The van der Waals surface area contributed by atoms with Crippen molar-refractivity contribution in [2.24, 2.45) is 5.73 Å². The van der Waals surface area contributed by atoms with E-state index in [4.69, 9.17) is 34.7 Å². The highest BCUT2D eigenvalue weighted by atomic mass is 35.5. The summed E-state index contributed by atoms with van der Waals surface area (Å²) in [5.41, 5.74) is 11.9. The van der Waals surface area contributed by atoms with Gasteiger partial charge in [0.15, 0.2) is 0 Å². The Morgan fingerprint density at radius 1 is 1.19 bits per heavy atom. The molecule has 0 saturated carbocycles. The maximum Gasteiger partial charge on any atom is 0.241 e. The van der Waals surface area contributed by atoms with Crippen molar-refractivity contribution < 1.29 is 13.2 Å². The maximum atomic E-state index is 13.2. The van der Waals surface area contributed by atoms with Crippen LogP contribution < -0.4 is 16.2 Å². The number of rotatable bonds is 8. The normalized spacial score (nSPS) is 16.8. The number of piperidine rings is 1. The third-order valence-electron chi connectivity index (χ3n) is 5.26. The fraction of sp³-hybridized carbons (Fsp3) is 0.474. The Hall–Kier alpha value is -1.85. The lowest BCUT2D eigenvalue weighted by Gasteiger charge is -2.31. The molecule has 2 unspecified atom stereocenters. The van der Waals surface area contributed by atoms with E-state index in [0.717, 1.165) is 19.3 Å². The third kappa shape index (κ3) is 5.89. The van der Waals surface area contributed by atoms with Crippen LogP contribution in [0, 0.1) is 0 Å². The molecule has 3 rings (SSSR count). The van der Waals surface area contributed by atoms with E-state index in [0.29, 0.717) is 25.3 Å². The molecule has 2 atom stereocenters. The first kappa shape index (κ1) is 23.8. The van der Waals surface area contributed by atoms with Crippen molar-refractivity contribution in [1.29, 1.82) is 0 Å². The Morgan fingerprint density at radius 3 is 2.42 bits per heavy atom. The van der Waals surface area contributed by atoms with Crippen molar-refractivity contribution in [3.05, 3.63) is 40.4 Å². The number of likely N-dealkylation sites (tertiary alicyclic amines) is 1. The number of aromatic amines is 1. The molecule has 1 aliphatic heterocycles. The first-order chi connectivity index (χ1) is 14.7. The fourth-order valence-electron chi connectivity index (χ4n) is 3.50. The van der Waals surface area contributed by atoms with E-state index in [9.17, 15) is 13.2 Å². The highest BCUT2D eigenvalue weighted by molar-refractivity contribution is 7.89. The molecule has 1 aromatic carbocycles. The molecule has 31 heavy (non-hydrogen) atoms. The Morgan fingerprint density at radius 2 is 1.84 bits per heavy atom. The van der Waals surface area contributed by atoms with Gasteiger partial charge in [0.25, 0.3) is 0 Å². The summed E-state index contributed by atoms with van der Waals surface area (Å²) in [4.78, 5) is 21.7. The number of nitrogens with two attached hydrogens (primary N) is 2. The van der Waals surface area contributed by atoms with Crippen molar-refractivity contribution in [3.8, 4) is 0 Å². The summed E-state index contributed by atoms with van der Waals surface area (Å²) in [5.74, 6) is 0.298. The second kappa shape index (κ2) is 10.2. The number of hydrogen-bond donors (Lipinski definition) is 4. The van der Waals surface area contributed by atoms with E-state index in [1.165, 1.54) is 12.1 Å². The van der Waals surface area contributed by atoms with Crippen LogP contribution in [0.4, 0.5) is 5.69 Å². The van der Waals surface area contributed by atoms with Gasteiger partial charge in [0, 0.05) is 25.5 Å². The number of sulfonamides is 1. The molecule has 0 aliphatic carbocycles. The summed E-state index contributed by atoms with van der Waals surface area (Å²) in [6.45, 7) is 1.20. The van der Waals surface area contributed by atoms with Crippen molar-refractivity contribution >= 4 is 44.8 Å². The molecule has 1 saturated heterocycles. The molecule has 1 amide bonds. The summed E-state index contributed by atoms with van der Waals surface area (Å²) >= 11 is 12.0. The number of carbonyl (C=O) groups excluding carboxylic acids is 1. The maximum absolute atomic E-state index is 13.2. The number of carbonyl (C=O) groups is 1. The van der Waals surface area contributed by atoms with Gasteiger partial charge in [0.1, 0.15) is 11.9 Å². The summed E-state index contributed by atoms with van der Waals surface area (Å²) in [7, 11) is -4.09. The lowest BCUT2D eigenvalue weighted by Crippen LogP contribution is -2.50. The summed E-state index contributed by atoms with van der Waals surface area (Å²) in [6, 6.07) is 0.973. The number of nitrogens with zero attached hydrogens (tertiary/aromatic N) is 2. The van der Waals surface area contributed by atoms with Crippen molar-refractivity contribution in [3.63, 3.8) is 0 Å². The fourth-order valence-corrected chi connectivity index (χ4v) is 5.39. The molecule has 6 N–H and O–H groups in total. The van der Waals surface area contributed by atoms with E-state index in [-0.39, 0.29) is 33.0 Å². The van der Waals surface area contributed by atoms with Gasteiger partial charge in [-0.25, -0.2) is 13.4 Å². The highest BCUT2D eigenvalue weighted by Crippen LogP contribution is 2.31. The van der Waals surface area contributed by atoms with E-state index < -0.39 is 22.1 Å². The van der Waals surface area contributed by atoms with Crippen LogP contribution in [-0.4, -0.2) is 48.3 Å². The average molecular weight is 489 g/mol. The second-order valence-electron chi connectivity index (χ2n) is 7.52. The SMILES string of the molecule is Nc1c(Cl)cc(S(=O)(=O)NC(CCC(N)c2ncc[nH]2)C(=O)N2CCCCC2)cc1Cl. The monoisotopic (exact) mass is 488 g/mol. The molecule has 0 radical (unpaired) electrons. The number of halogens is 2. The molecular formula is C19H26Cl2N6O3S. The molecule has 0 bridgehead atoms. The second-order valence-corrected chi connectivity index (χ2v) is 10.0. The van der Waals surface area contributed by atoms with Crippen LogP contribution in [-0.2, 0) is 14.8 Å². The largest absolute Gasteiger partial charge is 0.396 e. The minimum absolute atomic E-state index is 0.0200. The number of H-pyrrole nitrogens is 1. The molecule has 2 heterocycles. The number of amides is 1. The Labute approximate surface area is 191 Å². The summed E-state index contributed by atoms with van der Waals surface area (Å²) in [6.07, 6.45) is 6.62. The zero-order valence-electron chi connectivity index (χ0n) is 16.9. The van der Waals surface area contributed by atoms with E-state index in [1.54, 1.807) is 17.3 Å². The molecular weight excluding hydrogens is 463 g/mol. The first-order valence-electron chi connectivity index (χ1n) is 9.99. The third-order valence-corrected chi connectivity index (χ3v) is 7.34. The molecule has 1 aromatic heterocycles. The van der Waals surface area contributed by atoms with Gasteiger partial charge in [-0.05, 0) is 44.2 Å². The zero-order chi connectivity index (χ0) is 22.6. The van der Waals surface area contributed by atoms with Gasteiger partial charge in [0.05, 0.1) is 26.7 Å². The smallest absolute Gasteiger partial charge is 0.241 e. The standard InChI is InChI=1S/C19H26Cl2N6O3S/c20-13-10-12(11-14(21)17(13)23)31(29,30)26-16(19(28)27-8-2-1-3-9-27)5-4-15(22)18-24-6-7-25-18/h6-7,10-11,15-16,26H,1-5,8-9,22-23H2,(H,24,25). The van der Waals surface area contributed by atoms with Crippen LogP contribution in [0.3, 0.4) is 0 Å². The predicted octanol–water partition coefficient (Wildman–Crippen LogP) is 2.44. The Bertz CT molecular complexity index is 987. The van der Waals surface area contributed by atoms with Crippen LogP contribution in [0.15, 0.2) is 29.4 Å². The average Bonchev–Trinajstić information content (AvgIpc) is 3.29. The van der Waals surface area contributed by atoms with Gasteiger partial charge in [0.2, 0.25) is 15.9 Å². The van der Waals surface area contributed by atoms with Crippen LogP contribution in [0.2, 0.25) is 10.0 Å². The number of aromatic nitrogens is 2. The van der Waals surface area contributed by atoms with Gasteiger partial charge in [-0.1, -0.05) is 23.2 Å². The molecule has 1 aliphatic rings. The van der Waals surface area contributed by atoms with E-state index in [2.05, 4.69) is 14.7 Å². The van der Waals surface area contributed by atoms with Crippen LogP contribution in [0.25, 0.3) is 0 Å². The molecule has 1 fully saturated rings. The number of hydrogen-bond acceptors (Lipinski definition) is 6. The van der Waals surface area contributed by atoms with Gasteiger partial charge >= 0.3 is 0 Å². The molecule has 9 nitrogen and oxygen atoms in total.